The number of nitrogens with zero attached hydrogens (tertiary/aromatic N) is 1. The molecular formula is C19H24N4O. The lowest BCUT2D eigenvalue weighted by Crippen LogP contribution is -2.47. The van der Waals surface area contributed by atoms with Gasteiger partial charge in [-0.25, -0.2) is 4.79 Å². The summed E-state index contributed by atoms with van der Waals surface area (Å²) in [5.74, 6) is 0.560. The van der Waals surface area contributed by atoms with Crippen LogP contribution in [0.5, 0.6) is 0 Å². The molecule has 2 amide bonds. The van der Waals surface area contributed by atoms with Crippen molar-refractivity contribution in [2.45, 2.75) is 50.6 Å². The molecule has 1 saturated carbocycles. The van der Waals surface area contributed by atoms with Crippen LogP contribution in [0.4, 0.5) is 4.79 Å². The van der Waals surface area contributed by atoms with Crippen LogP contribution in [0, 0.1) is 5.92 Å². The van der Waals surface area contributed by atoms with Crippen molar-refractivity contribution in [1.29, 1.82) is 0 Å². The van der Waals surface area contributed by atoms with Gasteiger partial charge in [0.25, 0.3) is 0 Å². The number of aromatic amines is 1. The number of carbonyl (C=O) groups is 1. The highest BCUT2D eigenvalue weighted by Gasteiger charge is 2.30. The van der Waals surface area contributed by atoms with E-state index in [1.807, 2.05) is 24.4 Å². The lowest BCUT2D eigenvalue weighted by atomic mass is 9.77. The number of hydrogen-bond donors (Lipinski definition) is 3. The van der Waals surface area contributed by atoms with Gasteiger partial charge >= 0.3 is 6.03 Å². The molecule has 3 N–H and O–H groups in total. The summed E-state index contributed by atoms with van der Waals surface area (Å²) < 4.78 is 0. The quantitative estimate of drug-likeness (QED) is 0.809. The van der Waals surface area contributed by atoms with E-state index in [0.29, 0.717) is 5.92 Å². The van der Waals surface area contributed by atoms with E-state index in [4.69, 9.17) is 0 Å². The molecule has 126 valence electrons. The number of nitrogens with one attached hydrogen (secondary N) is 3. The number of aryl methyl sites for hydroxylation is 1. The van der Waals surface area contributed by atoms with Crippen LogP contribution in [0.25, 0.3) is 0 Å². The molecule has 24 heavy (non-hydrogen) atoms. The Morgan fingerprint density at radius 3 is 2.79 bits per heavy atom. The summed E-state index contributed by atoms with van der Waals surface area (Å²) in [5.41, 5.74) is 3.65. The molecule has 0 bridgehead atoms. The van der Waals surface area contributed by atoms with Crippen molar-refractivity contribution in [3.63, 3.8) is 0 Å². The van der Waals surface area contributed by atoms with E-state index in [-0.39, 0.29) is 18.1 Å². The van der Waals surface area contributed by atoms with Crippen LogP contribution in [0.1, 0.15) is 48.5 Å². The maximum absolute atomic E-state index is 12.5. The fourth-order valence-electron chi connectivity index (χ4n) is 3.81. The van der Waals surface area contributed by atoms with Crippen LogP contribution in [0.15, 0.2) is 36.5 Å². The van der Waals surface area contributed by atoms with Gasteiger partial charge in [0.05, 0.1) is 12.2 Å². The zero-order valence-corrected chi connectivity index (χ0v) is 13.8. The average Bonchev–Trinajstić information content (AvgIpc) is 3.01. The Morgan fingerprint density at radius 1 is 1.21 bits per heavy atom. The van der Waals surface area contributed by atoms with Crippen LogP contribution < -0.4 is 10.6 Å². The van der Waals surface area contributed by atoms with E-state index in [9.17, 15) is 4.79 Å². The summed E-state index contributed by atoms with van der Waals surface area (Å²) in [4.78, 5) is 12.5. The molecule has 2 aliphatic rings. The molecule has 1 aromatic heterocycles. The summed E-state index contributed by atoms with van der Waals surface area (Å²) in [7, 11) is 0. The van der Waals surface area contributed by atoms with Crippen molar-refractivity contribution in [2.75, 3.05) is 0 Å². The van der Waals surface area contributed by atoms with Crippen LogP contribution in [0.3, 0.4) is 0 Å². The summed E-state index contributed by atoms with van der Waals surface area (Å²) in [6.07, 6.45) is 8.31. The number of hydrogen-bond acceptors (Lipinski definition) is 2. The minimum atomic E-state index is -0.0484. The van der Waals surface area contributed by atoms with Crippen molar-refractivity contribution < 1.29 is 4.79 Å². The van der Waals surface area contributed by atoms with E-state index in [0.717, 1.165) is 19.3 Å². The highest BCUT2D eigenvalue weighted by Crippen LogP contribution is 2.37. The van der Waals surface area contributed by atoms with Gasteiger partial charge in [-0.15, -0.1) is 0 Å². The van der Waals surface area contributed by atoms with Crippen LogP contribution in [-0.2, 0) is 12.8 Å². The third-order valence-electron chi connectivity index (χ3n) is 5.42. The summed E-state index contributed by atoms with van der Waals surface area (Å²) in [6.45, 7) is 0. The Morgan fingerprint density at radius 2 is 2.04 bits per heavy atom. The van der Waals surface area contributed by atoms with Crippen LogP contribution in [-0.4, -0.2) is 22.3 Å². The Balaban J connectivity index is 1.39. The predicted molar refractivity (Wildman–Crippen MR) is 92.6 cm³/mol. The second-order valence-electron chi connectivity index (χ2n) is 7.01. The molecule has 5 nitrogen and oxygen atoms in total. The minimum Gasteiger partial charge on any atom is -0.335 e. The molecule has 2 atom stereocenters. The predicted octanol–water partition coefficient (Wildman–Crippen LogP) is 3.11. The van der Waals surface area contributed by atoms with Crippen molar-refractivity contribution in [3.05, 3.63) is 53.3 Å². The second-order valence-corrected chi connectivity index (χ2v) is 7.01. The Labute approximate surface area is 142 Å². The zero-order valence-electron chi connectivity index (χ0n) is 13.8. The first-order valence-electron chi connectivity index (χ1n) is 8.92. The molecule has 1 heterocycles. The molecule has 0 unspecified atom stereocenters. The molecule has 0 radical (unpaired) electrons. The van der Waals surface area contributed by atoms with Crippen molar-refractivity contribution >= 4 is 6.03 Å². The van der Waals surface area contributed by atoms with E-state index in [2.05, 4.69) is 33.0 Å². The van der Waals surface area contributed by atoms with Crippen molar-refractivity contribution in [1.82, 2.24) is 20.8 Å². The molecule has 5 heteroatoms. The van der Waals surface area contributed by atoms with Gasteiger partial charge in [0.15, 0.2) is 0 Å². The number of fused-ring (bicyclic) bond motifs is 1. The smallest absolute Gasteiger partial charge is 0.315 e. The molecule has 0 saturated heterocycles. The zero-order chi connectivity index (χ0) is 16.4. The topological polar surface area (TPSA) is 69.8 Å². The molecule has 4 rings (SSSR count). The average molecular weight is 324 g/mol. The Bertz CT molecular complexity index is 692. The summed E-state index contributed by atoms with van der Waals surface area (Å²) in [5, 5.41) is 13.5. The molecule has 2 aromatic rings. The number of aromatic nitrogens is 2. The fraction of sp³-hybridized carbons (Fsp3) is 0.474. The van der Waals surface area contributed by atoms with Crippen LogP contribution >= 0.6 is 0 Å². The summed E-state index contributed by atoms with van der Waals surface area (Å²) >= 11 is 0. The van der Waals surface area contributed by atoms with Gasteiger partial charge < -0.3 is 10.6 Å². The van der Waals surface area contributed by atoms with Gasteiger partial charge in [0, 0.05) is 11.7 Å². The van der Waals surface area contributed by atoms with Gasteiger partial charge in [-0.1, -0.05) is 36.8 Å². The summed E-state index contributed by atoms with van der Waals surface area (Å²) in [6, 6.07) is 10.6. The molecular weight excluding hydrogens is 300 g/mol. The fourth-order valence-corrected chi connectivity index (χ4v) is 3.81. The van der Waals surface area contributed by atoms with E-state index in [1.54, 1.807) is 0 Å². The van der Waals surface area contributed by atoms with Gasteiger partial charge in [-0.2, -0.15) is 5.10 Å². The highest BCUT2D eigenvalue weighted by molar-refractivity contribution is 5.75. The van der Waals surface area contributed by atoms with Gasteiger partial charge in [0.1, 0.15) is 0 Å². The molecule has 1 aromatic carbocycles. The monoisotopic (exact) mass is 324 g/mol. The number of H-pyrrole nitrogens is 1. The minimum absolute atomic E-state index is 0.0484. The Kier molecular flexibility index (Phi) is 4.24. The number of carbonyl (C=O) groups excluding carboxylic acids is 1. The van der Waals surface area contributed by atoms with E-state index in [1.165, 1.54) is 36.1 Å². The number of urea groups is 1. The van der Waals surface area contributed by atoms with Gasteiger partial charge in [-0.05, 0) is 49.1 Å². The first kappa shape index (κ1) is 15.2. The maximum Gasteiger partial charge on any atom is 0.315 e. The normalized spacial score (nSPS) is 21.4. The SMILES string of the molecule is O=C(N[C@H]1CCc2[nH]ncc2C1)N[C@H](c1ccccc1)C1CCC1. The second kappa shape index (κ2) is 6.67. The van der Waals surface area contributed by atoms with E-state index >= 15 is 0 Å². The molecule has 0 aliphatic heterocycles. The van der Waals surface area contributed by atoms with Crippen molar-refractivity contribution in [2.24, 2.45) is 5.92 Å². The first-order chi connectivity index (χ1) is 11.8. The number of benzene rings is 1. The Hall–Kier alpha value is -2.30. The molecule has 1 fully saturated rings. The third kappa shape index (κ3) is 3.16. The highest BCUT2D eigenvalue weighted by atomic mass is 16.2. The maximum atomic E-state index is 12.5. The van der Waals surface area contributed by atoms with Gasteiger partial charge in [0.2, 0.25) is 0 Å². The van der Waals surface area contributed by atoms with Crippen molar-refractivity contribution in [3.8, 4) is 0 Å². The lowest BCUT2D eigenvalue weighted by Gasteiger charge is -2.35. The number of amides is 2. The molecule has 0 spiro atoms. The first-order valence-corrected chi connectivity index (χ1v) is 8.92. The molecule has 2 aliphatic carbocycles. The standard InChI is InChI=1S/C19H24N4O/c24-19(21-16-9-10-17-15(11-16)12-20-23-17)22-18(14-7-4-8-14)13-5-2-1-3-6-13/h1-3,5-6,12,14,16,18H,4,7-11H2,(H,20,23)(H2,21,22,24)/t16-,18+/m0/s1. The largest absolute Gasteiger partial charge is 0.335 e. The third-order valence-corrected chi connectivity index (χ3v) is 5.42. The number of rotatable bonds is 4. The lowest BCUT2D eigenvalue weighted by molar-refractivity contribution is 0.204. The van der Waals surface area contributed by atoms with Gasteiger partial charge in [-0.3, -0.25) is 5.10 Å². The van der Waals surface area contributed by atoms with Crippen LogP contribution in [0.2, 0.25) is 0 Å². The van der Waals surface area contributed by atoms with E-state index < -0.39 is 0 Å².